The molecule has 14 heteroatoms. The second-order valence-electron chi connectivity index (χ2n) is 23.8. The molecular formula is C58H71N3O11. The Bertz CT molecular complexity index is 2560. The lowest BCUT2D eigenvalue weighted by Gasteiger charge is -2.53. The second-order valence-corrected chi connectivity index (χ2v) is 23.8. The lowest BCUT2D eigenvalue weighted by Crippen LogP contribution is -2.70. The van der Waals surface area contributed by atoms with Crippen molar-refractivity contribution in [2.45, 2.75) is 178 Å². The highest BCUT2D eigenvalue weighted by Gasteiger charge is 2.77. The van der Waals surface area contributed by atoms with E-state index < -0.39 is 83.8 Å². The van der Waals surface area contributed by atoms with Crippen LogP contribution < -0.4 is 5.32 Å². The lowest BCUT2D eigenvalue weighted by molar-refractivity contribution is -0.214. The number of amides is 2. The minimum Gasteiger partial charge on any atom is -0.460 e. The highest BCUT2D eigenvalue weighted by molar-refractivity contribution is 5.96. The van der Waals surface area contributed by atoms with Crippen LogP contribution in [0.4, 0.5) is 0 Å². The molecule has 5 heterocycles. The standard InChI is InChI=1S/C58H71N3O11/c1-54(2,3)69-46(63)25-23-40(34-62)59-51(64)43-21-14-28-60(43)53(66)57-32-44-47-48(71-58(70-47,38-17-9-7-10-18-38)39-19-11-8-12-20-39)50(57)72-61(49(57)52(65)67-44)33-36-16-13-15-35(29-36)30-37-22-24-45-56(6,68-45)27-26-42-41(37)31-55(42,4)5/h7-13,15-20,29-30,40-45,47-50,62H,14,21-28,31-34H2,1-6H3,(H,59,64). The molecule has 5 aliphatic heterocycles. The van der Waals surface area contributed by atoms with Crippen molar-refractivity contribution in [3.05, 3.63) is 113 Å². The molecule has 3 aromatic carbocycles. The van der Waals surface area contributed by atoms with Crippen LogP contribution in [0.25, 0.3) is 6.08 Å². The van der Waals surface area contributed by atoms with Gasteiger partial charge in [-0.05, 0) is 107 Å². The number of carbonyl (C=O) groups excluding carboxylic acids is 4. The van der Waals surface area contributed by atoms with Gasteiger partial charge in [0.25, 0.3) is 0 Å². The SMILES string of the molecule is CC(C)(C)OC(=O)CCC(CO)NC(=O)C1CCCN1C(=O)C12CC3OC(=O)C1N(Cc1cccc(C=C4CCC5OC5(C)CCC5C4CC5(C)C)c1)OC2C1OC(c2ccccc2)(c2ccccc2)OC31. The molecule has 2 N–H and O–H groups in total. The first kappa shape index (κ1) is 49.3. The molecular weight excluding hydrogens is 915 g/mol. The summed E-state index contributed by atoms with van der Waals surface area (Å²) in [6, 6.07) is 24.8. The summed E-state index contributed by atoms with van der Waals surface area (Å²) in [6.07, 6.45) is 5.64. The number of epoxide rings is 1. The Kier molecular flexibility index (Phi) is 12.6. The zero-order chi connectivity index (χ0) is 50.4. The molecule has 5 saturated heterocycles. The third-order valence-electron chi connectivity index (χ3n) is 17.4. The van der Waals surface area contributed by atoms with E-state index in [0.29, 0.717) is 30.8 Å². The largest absolute Gasteiger partial charge is 0.460 e. The van der Waals surface area contributed by atoms with Crippen LogP contribution in [-0.2, 0) is 60.0 Å². The molecule has 8 fully saturated rings. The van der Waals surface area contributed by atoms with Crippen LogP contribution in [0, 0.1) is 22.7 Å². The van der Waals surface area contributed by atoms with E-state index in [0.717, 1.165) is 54.4 Å². The maximum absolute atomic E-state index is 16.0. The Morgan fingerprint density at radius 2 is 1.62 bits per heavy atom. The van der Waals surface area contributed by atoms with Crippen LogP contribution in [0.3, 0.4) is 0 Å². The number of esters is 2. The predicted molar refractivity (Wildman–Crippen MR) is 265 cm³/mol. The number of carbonyl (C=O) groups is 4. The van der Waals surface area contributed by atoms with E-state index >= 15 is 4.79 Å². The number of ether oxygens (including phenoxy) is 5. The van der Waals surface area contributed by atoms with Gasteiger partial charge in [0.1, 0.15) is 41.5 Å². The van der Waals surface area contributed by atoms with E-state index in [4.69, 9.17) is 28.5 Å². The van der Waals surface area contributed by atoms with Gasteiger partial charge in [0, 0.05) is 30.5 Å². The molecule has 3 aliphatic carbocycles. The molecule has 2 bridgehead atoms. The fraction of sp³-hybridized carbons (Fsp3) is 0.586. The van der Waals surface area contributed by atoms with Crippen LogP contribution in [0.1, 0.15) is 128 Å². The lowest BCUT2D eigenvalue weighted by atomic mass is 9.52. The number of hydrogen-bond acceptors (Lipinski definition) is 12. The van der Waals surface area contributed by atoms with Crippen molar-refractivity contribution in [3.63, 3.8) is 0 Å². The van der Waals surface area contributed by atoms with Crippen LogP contribution in [0.15, 0.2) is 90.5 Å². The van der Waals surface area contributed by atoms with Crippen molar-refractivity contribution in [1.82, 2.24) is 15.3 Å². The average molecular weight is 986 g/mol. The van der Waals surface area contributed by atoms with E-state index in [1.807, 2.05) is 72.8 Å². The van der Waals surface area contributed by atoms with Crippen molar-refractivity contribution < 1.29 is 52.8 Å². The number of aliphatic hydroxyl groups is 1. The number of likely N-dealkylation sites (tertiary alicyclic amines) is 1. The van der Waals surface area contributed by atoms with Crippen molar-refractivity contribution >= 4 is 29.8 Å². The van der Waals surface area contributed by atoms with E-state index in [1.54, 1.807) is 30.7 Å². The van der Waals surface area contributed by atoms with Gasteiger partial charge >= 0.3 is 11.9 Å². The minimum atomic E-state index is -1.54. The fourth-order valence-electron chi connectivity index (χ4n) is 13.8. The van der Waals surface area contributed by atoms with E-state index in [2.05, 4.69) is 44.3 Å². The molecule has 72 heavy (non-hydrogen) atoms. The fourth-order valence-corrected chi connectivity index (χ4v) is 13.8. The first-order valence-corrected chi connectivity index (χ1v) is 26.4. The number of fused-ring (bicyclic) bond motifs is 6. The predicted octanol–water partition coefficient (Wildman–Crippen LogP) is 7.54. The first-order chi connectivity index (χ1) is 34.4. The normalized spacial score (nSPS) is 35.0. The summed E-state index contributed by atoms with van der Waals surface area (Å²) < 4.78 is 32.5. The van der Waals surface area contributed by atoms with Gasteiger partial charge in [-0.1, -0.05) is 110 Å². The molecule has 2 amide bonds. The van der Waals surface area contributed by atoms with Crippen molar-refractivity contribution in [3.8, 4) is 0 Å². The average Bonchev–Trinajstić information content (AvgIpc) is 3.75. The van der Waals surface area contributed by atoms with Crippen LogP contribution in [0.5, 0.6) is 0 Å². The molecule has 14 nitrogen and oxygen atoms in total. The number of benzene rings is 3. The maximum Gasteiger partial charge on any atom is 0.327 e. The zero-order valence-electron chi connectivity index (χ0n) is 42.6. The Morgan fingerprint density at radius 3 is 2.32 bits per heavy atom. The zero-order valence-corrected chi connectivity index (χ0v) is 42.6. The van der Waals surface area contributed by atoms with Gasteiger partial charge in [-0.3, -0.25) is 24.0 Å². The van der Waals surface area contributed by atoms with Crippen LogP contribution in [-0.4, -0.2) is 112 Å². The molecule has 12 unspecified atom stereocenters. The van der Waals surface area contributed by atoms with Crippen LogP contribution >= 0.6 is 0 Å². The molecule has 0 radical (unpaired) electrons. The molecule has 8 aliphatic rings. The number of nitrogens with one attached hydrogen (secondary N) is 1. The van der Waals surface area contributed by atoms with Crippen molar-refractivity contribution in [1.29, 1.82) is 0 Å². The maximum atomic E-state index is 16.0. The highest BCUT2D eigenvalue weighted by atomic mass is 16.8. The summed E-state index contributed by atoms with van der Waals surface area (Å²) in [6.45, 7) is 12.5. The Morgan fingerprint density at radius 1 is 0.903 bits per heavy atom. The van der Waals surface area contributed by atoms with Gasteiger partial charge in [0.05, 0.1) is 30.9 Å². The van der Waals surface area contributed by atoms with E-state index in [-0.39, 0.29) is 49.3 Å². The quantitative estimate of drug-likeness (QED) is 0.136. The Balaban J connectivity index is 0.919. The third-order valence-corrected chi connectivity index (χ3v) is 17.4. The van der Waals surface area contributed by atoms with E-state index in [1.165, 1.54) is 5.57 Å². The monoisotopic (exact) mass is 986 g/mol. The summed E-state index contributed by atoms with van der Waals surface area (Å²) >= 11 is 0. The molecule has 3 saturated carbocycles. The Labute approximate surface area is 423 Å². The van der Waals surface area contributed by atoms with Gasteiger partial charge in [0.15, 0.2) is 6.04 Å². The van der Waals surface area contributed by atoms with Crippen LogP contribution in [0.2, 0.25) is 0 Å². The molecule has 3 aromatic rings. The minimum absolute atomic E-state index is 0.00662. The number of hydroxylamine groups is 2. The molecule has 12 atom stereocenters. The second kappa shape index (κ2) is 18.5. The molecule has 0 aromatic heterocycles. The number of rotatable bonds is 12. The van der Waals surface area contributed by atoms with Crippen molar-refractivity contribution in [2.24, 2.45) is 22.7 Å². The summed E-state index contributed by atoms with van der Waals surface area (Å²) in [5.74, 6) is -2.17. The summed E-state index contributed by atoms with van der Waals surface area (Å²) in [5.41, 5.74) is 2.97. The van der Waals surface area contributed by atoms with Gasteiger partial charge in [0.2, 0.25) is 17.6 Å². The molecule has 11 rings (SSSR count). The number of nitrogens with zero attached hydrogens (tertiary/aromatic N) is 2. The summed E-state index contributed by atoms with van der Waals surface area (Å²) in [7, 11) is 0. The smallest absolute Gasteiger partial charge is 0.327 e. The van der Waals surface area contributed by atoms with Crippen molar-refractivity contribution in [2.75, 3.05) is 13.2 Å². The van der Waals surface area contributed by atoms with Gasteiger partial charge in [-0.15, -0.1) is 0 Å². The number of allylic oxidation sites excluding steroid dienone is 1. The Hall–Kier alpha value is -4.96. The summed E-state index contributed by atoms with van der Waals surface area (Å²) in [5, 5.41) is 14.9. The van der Waals surface area contributed by atoms with Gasteiger partial charge in [-0.25, -0.2) is 0 Å². The third kappa shape index (κ3) is 8.71. The highest BCUT2D eigenvalue weighted by Crippen LogP contribution is 2.62. The van der Waals surface area contributed by atoms with E-state index in [9.17, 15) is 19.5 Å². The van der Waals surface area contributed by atoms with Gasteiger partial charge < -0.3 is 39.0 Å². The summed E-state index contributed by atoms with van der Waals surface area (Å²) in [4.78, 5) is 66.5. The molecule has 0 spiro atoms. The topological polar surface area (TPSA) is 166 Å². The molecule has 384 valence electrons. The first-order valence-electron chi connectivity index (χ1n) is 26.4. The van der Waals surface area contributed by atoms with Gasteiger partial charge in [-0.2, -0.15) is 5.06 Å². The number of hydrogen-bond donors (Lipinski definition) is 2. The number of aliphatic hydroxyl groups excluding tert-OH is 1.